The van der Waals surface area contributed by atoms with E-state index in [0.717, 1.165) is 0 Å². The molecule has 1 amide bonds. The zero-order chi connectivity index (χ0) is 17.3. The maximum Gasteiger partial charge on any atom is 0.279 e. The van der Waals surface area contributed by atoms with E-state index in [9.17, 15) is 9.59 Å². The second-order valence-corrected chi connectivity index (χ2v) is 6.37. The highest BCUT2D eigenvalue weighted by molar-refractivity contribution is 7.71. The van der Waals surface area contributed by atoms with E-state index in [0.29, 0.717) is 32.6 Å². The molecule has 0 radical (unpaired) electrons. The molecular formula is C16H14N4O2S2. The molecule has 0 fully saturated rings. The predicted molar refractivity (Wildman–Crippen MR) is 96.8 cm³/mol. The molecule has 1 N–H and O–H groups in total. The predicted octanol–water partition coefficient (Wildman–Crippen LogP) is 2.39. The Kier molecular flexibility index (Phi) is 4.41. The SMILES string of the molecule is C=CCn1c(=S)[nH]c2cc(C(=O)N=c3sccn3C)ccc2c1=O. The topological polar surface area (TPSA) is 72.2 Å². The first-order valence-corrected chi connectivity index (χ1v) is 8.37. The van der Waals surface area contributed by atoms with Gasteiger partial charge < -0.3 is 9.55 Å². The summed E-state index contributed by atoms with van der Waals surface area (Å²) >= 11 is 6.58. The molecule has 0 saturated carbocycles. The van der Waals surface area contributed by atoms with Gasteiger partial charge in [-0.05, 0) is 30.4 Å². The molecular weight excluding hydrogens is 344 g/mol. The maximum absolute atomic E-state index is 12.4. The van der Waals surface area contributed by atoms with Crippen molar-refractivity contribution in [1.29, 1.82) is 0 Å². The summed E-state index contributed by atoms with van der Waals surface area (Å²) in [6.07, 6.45) is 3.44. The van der Waals surface area contributed by atoms with Crippen LogP contribution in [-0.2, 0) is 13.6 Å². The Hall–Kier alpha value is -2.58. The van der Waals surface area contributed by atoms with Crippen LogP contribution in [-0.4, -0.2) is 20.0 Å². The van der Waals surface area contributed by atoms with Crippen molar-refractivity contribution in [2.45, 2.75) is 6.54 Å². The van der Waals surface area contributed by atoms with E-state index >= 15 is 0 Å². The van der Waals surface area contributed by atoms with Crippen LogP contribution in [0.2, 0.25) is 0 Å². The number of aryl methyl sites for hydroxylation is 1. The maximum atomic E-state index is 12.4. The van der Waals surface area contributed by atoms with E-state index in [1.807, 2.05) is 18.6 Å². The molecule has 6 nitrogen and oxygen atoms in total. The molecule has 24 heavy (non-hydrogen) atoms. The number of rotatable bonds is 3. The zero-order valence-corrected chi connectivity index (χ0v) is 14.5. The third-order valence-electron chi connectivity index (χ3n) is 3.50. The zero-order valence-electron chi connectivity index (χ0n) is 12.9. The van der Waals surface area contributed by atoms with Crippen molar-refractivity contribution in [3.63, 3.8) is 0 Å². The standard InChI is InChI=1S/C16H14N4O2S2/c1-3-6-20-14(22)11-5-4-10(9-12(11)17-15(20)23)13(21)18-16-19(2)7-8-24-16/h3-5,7-9H,1,6H2,2H3,(H,17,23). The van der Waals surface area contributed by atoms with Crippen molar-refractivity contribution in [2.75, 3.05) is 0 Å². The number of benzene rings is 1. The molecule has 0 aliphatic carbocycles. The van der Waals surface area contributed by atoms with Crippen LogP contribution in [0.4, 0.5) is 0 Å². The molecule has 0 atom stereocenters. The number of nitrogens with zero attached hydrogens (tertiary/aromatic N) is 3. The molecule has 0 aliphatic rings. The van der Waals surface area contributed by atoms with Crippen molar-refractivity contribution in [1.82, 2.24) is 14.1 Å². The van der Waals surface area contributed by atoms with E-state index in [2.05, 4.69) is 16.6 Å². The van der Waals surface area contributed by atoms with Crippen molar-refractivity contribution in [2.24, 2.45) is 12.0 Å². The summed E-state index contributed by atoms with van der Waals surface area (Å²) in [6, 6.07) is 4.81. The average Bonchev–Trinajstić information content (AvgIpc) is 2.96. The van der Waals surface area contributed by atoms with E-state index in [4.69, 9.17) is 12.2 Å². The van der Waals surface area contributed by atoms with E-state index in [-0.39, 0.29) is 11.5 Å². The number of amides is 1. The largest absolute Gasteiger partial charge is 0.332 e. The van der Waals surface area contributed by atoms with Crippen molar-refractivity contribution >= 4 is 40.4 Å². The number of fused-ring (bicyclic) bond motifs is 1. The van der Waals surface area contributed by atoms with Crippen molar-refractivity contribution in [3.05, 3.63) is 67.9 Å². The Labute approximate surface area is 146 Å². The summed E-state index contributed by atoms with van der Waals surface area (Å²) in [5.74, 6) is -0.371. The van der Waals surface area contributed by atoms with Crippen LogP contribution in [0.15, 0.2) is 52.2 Å². The number of hydrogen-bond donors (Lipinski definition) is 1. The fourth-order valence-corrected chi connectivity index (χ4v) is 3.26. The summed E-state index contributed by atoms with van der Waals surface area (Å²) in [4.78, 5) is 32.5. The Morgan fingerprint density at radius 3 is 2.96 bits per heavy atom. The molecule has 3 aromatic rings. The number of hydrogen-bond acceptors (Lipinski definition) is 4. The van der Waals surface area contributed by atoms with E-state index in [1.54, 1.807) is 28.8 Å². The summed E-state index contributed by atoms with van der Waals surface area (Å²) in [5, 5.41) is 2.31. The number of carbonyl (C=O) groups excluding carboxylic acids is 1. The van der Waals surface area contributed by atoms with Gasteiger partial charge in [-0.25, -0.2) is 0 Å². The van der Waals surface area contributed by atoms with E-state index < -0.39 is 0 Å². The van der Waals surface area contributed by atoms with Crippen LogP contribution >= 0.6 is 23.6 Å². The summed E-state index contributed by atoms with van der Waals surface area (Å²) in [7, 11) is 1.82. The van der Waals surface area contributed by atoms with Gasteiger partial charge in [0.2, 0.25) is 0 Å². The van der Waals surface area contributed by atoms with Gasteiger partial charge in [0.15, 0.2) is 9.57 Å². The van der Waals surface area contributed by atoms with Gasteiger partial charge in [0.1, 0.15) is 0 Å². The van der Waals surface area contributed by atoms with Crippen LogP contribution in [0, 0.1) is 4.77 Å². The molecule has 0 bridgehead atoms. The minimum atomic E-state index is -0.371. The molecule has 0 spiro atoms. The lowest BCUT2D eigenvalue weighted by Crippen LogP contribution is -2.21. The fraction of sp³-hybridized carbons (Fsp3) is 0.125. The Morgan fingerprint density at radius 1 is 1.50 bits per heavy atom. The Morgan fingerprint density at radius 2 is 2.29 bits per heavy atom. The molecule has 1 aromatic carbocycles. The lowest BCUT2D eigenvalue weighted by molar-refractivity contribution is 0.0998. The quantitative estimate of drug-likeness (QED) is 0.577. The average molecular weight is 358 g/mol. The first kappa shape index (κ1) is 16.3. The number of allylic oxidation sites excluding steroid dienone is 1. The van der Waals surface area contributed by atoms with Gasteiger partial charge in [-0.2, -0.15) is 4.99 Å². The summed E-state index contributed by atoms with van der Waals surface area (Å²) in [5.41, 5.74) is 0.693. The third kappa shape index (κ3) is 2.93. The third-order valence-corrected chi connectivity index (χ3v) is 4.67. The Bertz CT molecular complexity index is 1130. The van der Waals surface area contributed by atoms with Crippen LogP contribution in [0.1, 0.15) is 10.4 Å². The van der Waals surface area contributed by atoms with Crippen LogP contribution in [0.25, 0.3) is 10.9 Å². The minimum absolute atomic E-state index is 0.214. The number of thiazole rings is 1. The van der Waals surface area contributed by atoms with Gasteiger partial charge in [0, 0.05) is 30.7 Å². The number of H-pyrrole nitrogens is 1. The van der Waals surface area contributed by atoms with Gasteiger partial charge in [-0.15, -0.1) is 17.9 Å². The highest BCUT2D eigenvalue weighted by Gasteiger charge is 2.09. The number of aromatic amines is 1. The van der Waals surface area contributed by atoms with Gasteiger partial charge in [-0.1, -0.05) is 6.08 Å². The fourth-order valence-electron chi connectivity index (χ4n) is 2.27. The first-order valence-electron chi connectivity index (χ1n) is 7.08. The Balaban J connectivity index is 2.13. The van der Waals surface area contributed by atoms with Crippen molar-refractivity contribution < 1.29 is 4.79 Å². The van der Waals surface area contributed by atoms with Crippen LogP contribution in [0.5, 0.6) is 0 Å². The molecule has 0 aliphatic heterocycles. The number of carbonyl (C=O) groups is 1. The minimum Gasteiger partial charge on any atom is -0.332 e. The second kappa shape index (κ2) is 6.50. The molecule has 3 rings (SSSR count). The second-order valence-electron chi connectivity index (χ2n) is 5.11. The smallest absolute Gasteiger partial charge is 0.279 e. The van der Waals surface area contributed by atoms with E-state index in [1.165, 1.54) is 15.9 Å². The van der Waals surface area contributed by atoms with Gasteiger partial charge >= 0.3 is 0 Å². The number of aromatic nitrogens is 3. The monoisotopic (exact) mass is 358 g/mol. The summed E-state index contributed by atoms with van der Waals surface area (Å²) in [6.45, 7) is 3.95. The normalized spacial score (nSPS) is 11.8. The number of nitrogens with one attached hydrogen (secondary N) is 1. The summed E-state index contributed by atoms with van der Waals surface area (Å²) < 4.78 is 3.48. The molecule has 0 saturated heterocycles. The van der Waals surface area contributed by atoms with Gasteiger partial charge in [0.25, 0.3) is 11.5 Å². The molecule has 2 aromatic heterocycles. The molecule has 122 valence electrons. The molecule has 8 heteroatoms. The molecule has 0 unspecified atom stereocenters. The first-order chi connectivity index (χ1) is 11.5. The lowest BCUT2D eigenvalue weighted by Gasteiger charge is -2.06. The van der Waals surface area contributed by atoms with Crippen molar-refractivity contribution in [3.8, 4) is 0 Å². The highest BCUT2D eigenvalue weighted by atomic mass is 32.1. The highest BCUT2D eigenvalue weighted by Crippen LogP contribution is 2.12. The molecule has 2 heterocycles. The van der Waals surface area contributed by atoms with Crippen LogP contribution < -0.4 is 10.4 Å². The van der Waals surface area contributed by atoms with Gasteiger partial charge in [-0.3, -0.25) is 14.2 Å². The van der Waals surface area contributed by atoms with Crippen LogP contribution in [0.3, 0.4) is 0 Å². The lowest BCUT2D eigenvalue weighted by atomic mass is 10.1. The van der Waals surface area contributed by atoms with Gasteiger partial charge in [0.05, 0.1) is 10.9 Å².